The number of hydrogen-bond donors (Lipinski definition) is 0. The maximum absolute atomic E-state index is 4.97. The van der Waals surface area contributed by atoms with Crippen molar-refractivity contribution >= 4 is 54.1 Å². The van der Waals surface area contributed by atoms with E-state index in [0.717, 1.165) is 22.4 Å². The van der Waals surface area contributed by atoms with Crippen LogP contribution in [0.25, 0.3) is 76.6 Å². The van der Waals surface area contributed by atoms with E-state index in [0.29, 0.717) is 0 Å². The SMILES string of the molecule is Cn1c(-c2cccc(-c3cc4c5ccccc5c5ccccc5c4c4ccccc34)c2)nc2ccccc21. The van der Waals surface area contributed by atoms with Gasteiger partial charge in [0, 0.05) is 12.6 Å². The van der Waals surface area contributed by atoms with Crippen LogP contribution in [0.3, 0.4) is 0 Å². The number of imidazole rings is 1. The highest BCUT2D eigenvalue weighted by atomic mass is 15.1. The Kier molecular flexibility index (Phi) is 4.47. The number of aryl methyl sites for hydroxylation is 1. The first-order chi connectivity index (χ1) is 18.8. The van der Waals surface area contributed by atoms with E-state index in [2.05, 4.69) is 133 Å². The number of para-hydroxylation sites is 2. The van der Waals surface area contributed by atoms with Gasteiger partial charge in [-0.15, -0.1) is 0 Å². The summed E-state index contributed by atoms with van der Waals surface area (Å²) in [6.07, 6.45) is 0. The van der Waals surface area contributed by atoms with Crippen LogP contribution in [-0.4, -0.2) is 9.55 Å². The molecule has 0 aliphatic carbocycles. The first-order valence-corrected chi connectivity index (χ1v) is 13.0. The fourth-order valence-electron chi connectivity index (χ4n) is 6.24. The van der Waals surface area contributed by atoms with E-state index in [4.69, 9.17) is 4.98 Å². The molecule has 8 rings (SSSR count). The Labute approximate surface area is 220 Å². The Balaban J connectivity index is 1.47. The average molecular weight is 485 g/mol. The number of nitrogens with zero attached hydrogens (tertiary/aromatic N) is 2. The van der Waals surface area contributed by atoms with Gasteiger partial charge in [-0.25, -0.2) is 4.98 Å². The topological polar surface area (TPSA) is 17.8 Å². The van der Waals surface area contributed by atoms with Gasteiger partial charge in [-0.3, -0.25) is 0 Å². The van der Waals surface area contributed by atoms with Crippen LogP contribution < -0.4 is 0 Å². The molecule has 0 N–H and O–H groups in total. The summed E-state index contributed by atoms with van der Waals surface area (Å²) in [7, 11) is 2.10. The fourth-order valence-corrected chi connectivity index (χ4v) is 6.24. The molecule has 0 fully saturated rings. The number of benzene rings is 7. The third kappa shape index (κ3) is 2.98. The summed E-state index contributed by atoms with van der Waals surface area (Å²) in [6.45, 7) is 0. The smallest absolute Gasteiger partial charge is 0.140 e. The van der Waals surface area contributed by atoms with Gasteiger partial charge >= 0.3 is 0 Å². The van der Waals surface area contributed by atoms with Crippen molar-refractivity contribution in [2.24, 2.45) is 7.05 Å². The third-order valence-corrected chi connectivity index (χ3v) is 7.97. The maximum Gasteiger partial charge on any atom is 0.140 e. The number of rotatable bonds is 2. The predicted octanol–water partition coefficient (Wildman–Crippen LogP) is 9.52. The molecule has 0 bridgehead atoms. The van der Waals surface area contributed by atoms with Gasteiger partial charge in [-0.2, -0.15) is 0 Å². The van der Waals surface area contributed by atoms with Crippen molar-refractivity contribution in [3.8, 4) is 22.5 Å². The molecule has 0 spiro atoms. The maximum atomic E-state index is 4.97. The van der Waals surface area contributed by atoms with Crippen molar-refractivity contribution in [2.45, 2.75) is 0 Å². The van der Waals surface area contributed by atoms with Crippen LogP contribution in [0.5, 0.6) is 0 Å². The van der Waals surface area contributed by atoms with Crippen molar-refractivity contribution in [3.05, 3.63) is 127 Å². The highest BCUT2D eigenvalue weighted by Crippen LogP contribution is 2.43. The molecule has 1 aromatic heterocycles. The van der Waals surface area contributed by atoms with Gasteiger partial charge in [0.25, 0.3) is 0 Å². The Bertz CT molecular complexity index is 2200. The molecule has 0 saturated heterocycles. The lowest BCUT2D eigenvalue weighted by atomic mass is 9.87. The van der Waals surface area contributed by atoms with E-state index in [1.54, 1.807) is 0 Å². The summed E-state index contributed by atoms with van der Waals surface area (Å²) >= 11 is 0. The van der Waals surface area contributed by atoms with E-state index in [9.17, 15) is 0 Å². The lowest BCUT2D eigenvalue weighted by Crippen LogP contribution is -1.93. The molecule has 2 nitrogen and oxygen atoms in total. The van der Waals surface area contributed by atoms with Crippen molar-refractivity contribution < 1.29 is 0 Å². The quantitative estimate of drug-likeness (QED) is 0.223. The van der Waals surface area contributed by atoms with Crippen LogP contribution in [0, 0.1) is 0 Å². The molecular formula is C36H24N2. The summed E-state index contributed by atoms with van der Waals surface area (Å²) in [5.74, 6) is 0.981. The van der Waals surface area contributed by atoms with Gasteiger partial charge in [0.15, 0.2) is 0 Å². The summed E-state index contributed by atoms with van der Waals surface area (Å²) in [4.78, 5) is 4.97. The Hall–Kier alpha value is -4.95. The molecule has 0 unspecified atom stereocenters. The van der Waals surface area contributed by atoms with Gasteiger partial charge in [-0.05, 0) is 78.5 Å². The number of aromatic nitrogens is 2. The molecule has 0 saturated carbocycles. The third-order valence-electron chi connectivity index (χ3n) is 7.97. The first kappa shape index (κ1) is 21.2. The second-order valence-electron chi connectivity index (χ2n) is 10.0. The Morgan fingerprint density at radius 1 is 0.474 bits per heavy atom. The predicted molar refractivity (Wildman–Crippen MR) is 162 cm³/mol. The zero-order chi connectivity index (χ0) is 25.2. The van der Waals surface area contributed by atoms with Crippen LogP contribution in [0.2, 0.25) is 0 Å². The molecule has 0 atom stereocenters. The van der Waals surface area contributed by atoms with Crippen LogP contribution in [0.1, 0.15) is 0 Å². The first-order valence-electron chi connectivity index (χ1n) is 13.0. The van der Waals surface area contributed by atoms with Gasteiger partial charge in [0.2, 0.25) is 0 Å². The minimum atomic E-state index is 0.981. The average Bonchev–Trinajstić information content (AvgIpc) is 3.33. The van der Waals surface area contributed by atoms with E-state index in [1.807, 2.05) is 6.07 Å². The normalized spacial score (nSPS) is 11.8. The van der Waals surface area contributed by atoms with E-state index in [-0.39, 0.29) is 0 Å². The monoisotopic (exact) mass is 484 g/mol. The van der Waals surface area contributed by atoms with Crippen LogP contribution in [-0.2, 0) is 7.05 Å². The number of hydrogen-bond acceptors (Lipinski definition) is 1. The zero-order valence-corrected chi connectivity index (χ0v) is 21.0. The fraction of sp³-hybridized carbons (Fsp3) is 0.0278. The Morgan fingerprint density at radius 3 is 1.76 bits per heavy atom. The molecule has 2 heteroatoms. The lowest BCUT2D eigenvalue weighted by molar-refractivity contribution is 0.959. The second-order valence-corrected chi connectivity index (χ2v) is 10.0. The minimum absolute atomic E-state index is 0.981. The van der Waals surface area contributed by atoms with Gasteiger partial charge < -0.3 is 4.57 Å². The molecule has 0 aliphatic rings. The van der Waals surface area contributed by atoms with Crippen LogP contribution >= 0.6 is 0 Å². The van der Waals surface area contributed by atoms with E-state index < -0.39 is 0 Å². The highest BCUT2D eigenvalue weighted by molar-refractivity contribution is 6.33. The molecule has 38 heavy (non-hydrogen) atoms. The van der Waals surface area contributed by atoms with E-state index in [1.165, 1.54) is 54.2 Å². The summed E-state index contributed by atoms with van der Waals surface area (Å²) in [5.41, 5.74) is 5.72. The van der Waals surface area contributed by atoms with Crippen molar-refractivity contribution in [1.29, 1.82) is 0 Å². The molecule has 178 valence electrons. The van der Waals surface area contributed by atoms with Gasteiger partial charge in [0.05, 0.1) is 11.0 Å². The second kappa shape index (κ2) is 8.03. The molecule has 1 heterocycles. The lowest BCUT2D eigenvalue weighted by Gasteiger charge is -2.16. The number of fused-ring (bicyclic) bond motifs is 9. The van der Waals surface area contributed by atoms with Crippen LogP contribution in [0.15, 0.2) is 127 Å². The highest BCUT2D eigenvalue weighted by Gasteiger charge is 2.16. The molecule has 8 aromatic rings. The molecule has 0 aliphatic heterocycles. The molecule has 0 amide bonds. The summed E-state index contributed by atoms with van der Waals surface area (Å²) in [5, 5.41) is 10.4. The molecule has 0 radical (unpaired) electrons. The van der Waals surface area contributed by atoms with Crippen molar-refractivity contribution in [3.63, 3.8) is 0 Å². The van der Waals surface area contributed by atoms with Crippen LogP contribution in [0.4, 0.5) is 0 Å². The zero-order valence-electron chi connectivity index (χ0n) is 21.0. The summed E-state index contributed by atoms with van der Waals surface area (Å²) < 4.78 is 2.19. The van der Waals surface area contributed by atoms with Gasteiger partial charge in [0.1, 0.15) is 5.82 Å². The minimum Gasteiger partial charge on any atom is -0.327 e. The van der Waals surface area contributed by atoms with Crippen molar-refractivity contribution in [2.75, 3.05) is 0 Å². The van der Waals surface area contributed by atoms with Gasteiger partial charge in [-0.1, -0.05) is 103 Å². The molecular weight excluding hydrogens is 460 g/mol. The molecule has 7 aromatic carbocycles. The largest absolute Gasteiger partial charge is 0.327 e. The Morgan fingerprint density at radius 2 is 1.03 bits per heavy atom. The van der Waals surface area contributed by atoms with E-state index >= 15 is 0 Å². The standard InChI is InChI=1S/C36H24N2/c1-38-34-20-9-8-19-33(34)37-36(38)24-12-10-11-23(21-24)31-22-32-27-15-3-2-13-25(27)26-14-4-6-17-29(26)35(32)30-18-7-5-16-28(30)31/h2-22H,1H3. The summed E-state index contributed by atoms with van der Waals surface area (Å²) in [6, 6.07) is 46.0. The van der Waals surface area contributed by atoms with Crippen molar-refractivity contribution in [1.82, 2.24) is 9.55 Å².